The van der Waals surface area contributed by atoms with E-state index < -0.39 is 17.8 Å². The van der Waals surface area contributed by atoms with Gasteiger partial charge in [0, 0.05) is 10.3 Å². The Morgan fingerprint density at radius 2 is 1.84 bits per heavy atom. The SMILES string of the molecule is O=C(ON1C(=O)c2ccccc2C1=O)[C@H]1[C@H]2CC[C@]1(c1cccs1)C2. The molecule has 3 aliphatic carbocycles. The molecule has 2 aromatic rings. The summed E-state index contributed by atoms with van der Waals surface area (Å²) in [5.41, 5.74) is 0.393. The molecule has 25 heavy (non-hydrogen) atoms. The van der Waals surface area contributed by atoms with Crippen molar-refractivity contribution in [2.45, 2.75) is 24.7 Å². The number of thiophene rings is 1. The lowest BCUT2D eigenvalue weighted by Crippen LogP contribution is -2.50. The Hall–Kier alpha value is -2.47. The Balaban J connectivity index is 1.40. The van der Waals surface area contributed by atoms with E-state index in [0.717, 1.165) is 19.3 Å². The highest BCUT2D eigenvalue weighted by Gasteiger charge is 2.64. The average molecular weight is 353 g/mol. The van der Waals surface area contributed by atoms with Crippen molar-refractivity contribution in [2.24, 2.45) is 11.8 Å². The molecule has 3 atom stereocenters. The average Bonchev–Trinajstić information content (AvgIpc) is 3.35. The van der Waals surface area contributed by atoms with Crippen molar-refractivity contribution in [3.8, 4) is 0 Å². The summed E-state index contributed by atoms with van der Waals surface area (Å²) in [6.45, 7) is 0. The quantitative estimate of drug-likeness (QED) is 0.795. The second-order valence-electron chi connectivity index (χ2n) is 6.97. The van der Waals surface area contributed by atoms with E-state index in [4.69, 9.17) is 4.84 Å². The van der Waals surface area contributed by atoms with E-state index in [-0.39, 0.29) is 28.4 Å². The van der Waals surface area contributed by atoms with Crippen LogP contribution in [0.5, 0.6) is 0 Å². The van der Waals surface area contributed by atoms with Crippen molar-refractivity contribution in [1.29, 1.82) is 0 Å². The molecule has 1 aliphatic heterocycles. The molecule has 1 aromatic heterocycles. The number of nitrogens with zero attached hydrogens (tertiary/aromatic N) is 1. The first-order valence-electron chi connectivity index (χ1n) is 8.35. The first-order chi connectivity index (χ1) is 12.1. The maximum Gasteiger partial charge on any atom is 0.337 e. The molecule has 5 nitrogen and oxygen atoms in total. The minimum absolute atomic E-state index is 0.172. The van der Waals surface area contributed by atoms with Gasteiger partial charge in [0.15, 0.2) is 0 Å². The number of benzene rings is 1. The molecule has 6 heteroatoms. The molecule has 3 fully saturated rings. The van der Waals surface area contributed by atoms with Gasteiger partial charge in [-0.3, -0.25) is 9.59 Å². The molecule has 2 heterocycles. The third-order valence-electron chi connectivity index (χ3n) is 5.86. The standard InChI is InChI=1S/C19H15NO4S/c21-16-12-4-1-2-5-13(12)17(22)20(16)24-18(23)15-11-7-8-19(15,10-11)14-6-3-9-25-14/h1-6,9,11,15H,7-8,10H2/t11-,15+,19+/m0/s1. The smallest absolute Gasteiger partial charge is 0.329 e. The predicted octanol–water partition coefficient (Wildman–Crippen LogP) is 3.17. The number of amides is 2. The monoisotopic (exact) mass is 353 g/mol. The second-order valence-corrected chi connectivity index (χ2v) is 7.92. The number of carbonyl (C=O) groups is 3. The van der Waals surface area contributed by atoms with Crippen LogP contribution in [0.15, 0.2) is 41.8 Å². The zero-order chi connectivity index (χ0) is 17.2. The largest absolute Gasteiger partial charge is 0.337 e. The first kappa shape index (κ1) is 14.8. The topological polar surface area (TPSA) is 63.7 Å². The number of fused-ring (bicyclic) bond motifs is 2. The minimum atomic E-state index is -0.564. The zero-order valence-electron chi connectivity index (χ0n) is 13.3. The molecular formula is C19H15NO4S. The lowest BCUT2D eigenvalue weighted by Gasteiger charge is -2.45. The van der Waals surface area contributed by atoms with Crippen LogP contribution in [0.1, 0.15) is 44.9 Å². The molecule has 1 aromatic carbocycles. The molecule has 0 radical (unpaired) electrons. The fraction of sp³-hybridized carbons (Fsp3) is 0.316. The maximum atomic E-state index is 12.8. The highest BCUT2D eigenvalue weighted by atomic mass is 32.1. The van der Waals surface area contributed by atoms with Gasteiger partial charge in [-0.15, -0.1) is 11.3 Å². The highest BCUT2D eigenvalue weighted by molar-refractivity contribution is 7.10. The Labute approximate surface area is 148 Å². The summed E-state index contributed by atoms with van der Waals surface area (Å²) in [6.07, 6.45) is 2.93. The van der Waals surface area contributed by atoms with Gasteiger partial charge in [-0.2, -0.15) is 0 Å². The highest BCUT2D eigenvalue weighted by Crippen LogP contribution is 2.65. The van der Waals surface area contributed by atoms with Crippen LogP contribution >= 0.6 is 11.3 Å². The molecule has 126 valence electrons. The van der Waals surface area contributed by atoms with E-state index in [1.165, 1.54) is 4.88 Å². The number of rotatable bonds is 3. The number of hydrogen-bond donors (Lipinski definition) is 0. The van der Waals surface area contributed by atoms with Crippen molar-refractivity contribution in [3.63, 3.8) is 0 Å². The van der Waals surface area contributed by atoms with E-state index in [1.54, 1.807) is 35.6 Å². The minimum Gasteiger partial charge on any atom is -0.329 e. The van der Waals surface area contributed by atoms with Crippen molar-refractivity contribution in [2.75, 3.05) is 0 Å². The van der Waals surface area contributed by atoms with E-state index in [2.05, 4.69) is 6.07 Å². The van der Waals surface area contributed by atoms with Crippen LogP contribution in [0.4, 0.5) is 0 Å². The summed E-state index contributed by atoms with van der Waals surface area (Å²) in [6, 6.07) is 10.6. The summed E-state index contributed by atoms with van der Waals surface area (Å²) in [5, 5.41) is 2.65. The fourth-order valence-corrected chi connectivity index (χ4v) is 5.73. The lowest BCUT2D eigenvalue weighted by molar-refractivity contribution is -0.182. The van der Waals surface area contributed by atoms with Crippen LogP contribution in [0.25, 0.3) is 0 Å². The van der Waals surface area contributed by atoms with Crippen molar-refractivity contribution >= 4 is 29.1 Å². The zero-order valence-corrected chi connectivity index (χ0v) is 14.1. The molecule has 0 spiro atoms. The van der Waals surface area contributed by atoms with Crippen LogP contribution in [0, 0.1) is 11.8 Å². The molecule has 6 rings (SSSR count). The Morgan fingerprint density at radius 1 is 1.12 bits per heavy atom. The van der Waals surface area contributed by atoms with Crippen molar-refractivity contribution < 1.29 is 19.2 Å². The van der Waals surface area contributed by atoms with Crippen molar-refractivity contribution in [1.82, 2.24) is 5.06 Å². The van der Waals surface area contributed by atoms with Crippen LogP contribution in [0.3, 0.4) is 0 Å². The Kier molecular flexibility index (Phi) is 2.98. The normalized spacial score (nSPS) is 29.5. The second kappa shape index (κ2) is 5.02. The van der Waals surface area contributed by atoms with E-state index in [0.29, 0.717) is 5.06 Å². The summed E-state index contributed by atoms with van der Waals surface area (Å²) < 4.78 is 0. The third-order valence-corrected chi connectivity index (χ3v) is 6.95. The Morgan fingerprint density at radius 3 is 2.44 bits per heavy atom. The van der Waals surface area contributed by atoms with Gasteiger partial charge in [-0.1, -0.05) is 23.3 Å². The number of imide groups is 1. The number of hydroxylamine groups is 2. The van der Waals surface area contributed by atoms with Crippen LogP contribution in [0.2, 0.25) is 0 Å². The van der Waals surface area contributed by atoms with Gasteiger partial charge in [-0.05, 0) is 48.8 Å². The van der Waals surface area contributed by atoms with Gasteiger partial charge in [0.25, 0.3) is 11.8 Å². The Bertz CT molecular complexity index is 867. The molecule has 3 saturated carbocycles. The fourth-order valence-electron chi connectivity index (χ4n) is 4.73. The molecule has 0 N–H and O–H groups in total. The van der Waals surface area contributed by atoms with Crippen LogP contribution in [-0.4, -0.2) is 22.8 Å². The number of hydrogen-bond acceptors (Lipinski definition) is 5. The van der Waals surface area contributed by atoms with Gasteiger partial charge < -0.3 is 4.84 Å². The van der Waals surface area contributed by atoms with Crippen molar-refractivity contribution in [3.05, 3.63) is 57.8 Å². The maximum absolute atomic E-state index is 12.8. The van der Waals surface area contributed by atoms with E-state index in [1.807, 2.05) is 11.4 Å². The first-order valence-corrected chi connectivity index (χ1v) is 9.23. The molecule has 4 aliphatic rings. The summed E-state index contributed by atoms with van der Waals surface area (Å²) in [7, 11) is 0. The molecule has 2 bridgehead atoms. The van der Waals surface area contributed by atoms with E-state index in [9.17, 15) is 14.4 Å². The molecular weight excluding hydrogens is 338 g/mol. The lowest BCUT2D eigenvalue weighted by atomic mass is 9.59. The van der Waals surface area contributed by atoms with Gasteiger partial charge in [0.05, 0.1) is 17.0 Å². The predicted molar refractivity (Wildman–Crippen MR) is 89.9 cm³/mol. The molecule has 0 unspecified atom stereocenters. The number of carbonyl (C=O) groups excluding carboxylic acids is 3. The summed E-state index contributed by atoms with van der Waals surface area (Å²) in [4.78, 5) is 44.1. The van der Waals surface area contributed by atoms with Gasteiger partial charge >= 0.3 is 5.97 Å². The molecule has 2 amide bonds. The summed E-state index contributed by atoms with van der Waals surface area (Å²) >= 11 is 1.66. The van der Waals surface area contributed by atoms with Crippen LogP contribution < -0.4 is 0 Å². The van der Waals surface area contributed by atoms with E-state index >= 15 is 0 Å². The molecule has 0 saturated heterocycles. The van der Waals surface area contributed by atoms with Gasteiger partial charge in [0.2, 0.25) is 0 Å². The summed E-state index contributed by atoms with van der Waals surface area (Å²) in [5.74, 6) is -1.58. The third kappa shape index (κ3) is 1.86. The van der Waals surface area contributed by atoms with Crippen LogP contribution in [-0.2, 0) is 15.0 Å². The van der Waals surface area contributed by atoms with Gasteiger partial charge in [-0.25, -0.2) is 4.79 Å². The van der Waals surface area contributed by atoms with Gasteiger partial charge in [0.1, 0.15) is 0 Å².